The first-order chi connectivity index (χ1) is 11.8. The van der Waals surface area contributed by atoms with Crippen LogP contribution in [0.3, 0.4) is 0 Å². The topological polar surface area (TPSA) is 61.8 Å². The lowest BCUT2D eigenvalue weighted by atomic mass is 9.98. The quantitative estimate of drug-likeness (QED) is 0.871. The number of hydrogen-bond donors (Lipinski definition) is 2. The van der Waals surface area contributed by atoms with Crippen LogP contribution in [0.1, 0.15) is 50.5 Å². The van der Waals surface area contributed by atoms with Gasteiger partial charge in [0.2, 0.25) is 0 Å². The van der Waals surface area contributed by atoms with Gasteiger partial charge in [0.25, 0.3) is 0 Å². The maximum Gasteiger partial charge on any atom is 0.317 e. The first kappa shape index (κ1) is 17.1. The van der Waals surface area contributed by atoms with Crippen LogP contribution in [0.15, 0.2) is 24.3 Å². The lowest BCUT2D eigenvalue weighted by Crippen LogP contribution is -2.43. The standard InChI is InChI=1S/C19H28N2O3/c22-14-16-7-5-11-21(16)19(23)20-13-15-6-4-10-18(12-15)24-17-8-2-1-3-9-17/h4,6,10,12,16-17,22H,1-3,5,7-9,11,13-14H2,(H,20,23). The number of amides is 2. The molecule has 1 aliphatic heterocycles. The molecule has 1 aromatic rings. The van der Waals surface area contributed by atoms with Gasteiger partial charge in [-0.05, 0) is 56.2 Å². The highest BCUT2D eigenvalue weighted by Gasteiger charge is 2.27. The average Bonchev–Trinajstić information content (AvgIpc) is 3.10. The first-order valence-corrected chi connectivity index (χ1v) is 9.17. The molecule has 2 amide bonds. The van der Waals surface area contributed by atoms with Gasteiger partial charge in [-0.2, -0.15) is 0 Å². The van der Waals surface area contributed by atoms with Gasteiger partial charge in [-0.25, -0.2) is 4.79 Å². The summed E-state index contributed by atoms with van der Waals surface area (Å²) in [5, 5.41) is 12.3. The Morgan fingerprint density at radius 3 is 2.83 bits per heavy atom. The third-order valence-corrected chi connectivity index (χ3v) is 5.05. The molecule has 2 aliphatic rings. The van der Waals surface area contributed by atoms with Crippen molar-refractivity contribution in [1.82, 2.24) is 10.2 Å². The lowest BCUT2D eigenvalue weighted by Gasteiger charge is -2.24. The van der Waals surface area contributed by atoms with Crippen LogP contribution in [0, 0.1) is 0 Å². The highest BCUT2D eigenvalue weighted by Crippen LogP contribution is 2.24. The molecule has 2 fully saturated rings. The van der Waals surface area contributed by atoms with Crippen molar-refractivity contribution in [1.29, 1.82) is 0 Å². The summed E-state index contributed by atoms with van der Waals surface area (Å²) in [6.07, 6.45) is 8.27. The van der Waals surface area contributed by atoms with E-state index in [-0.39, 0.29) is 18.7 Å². The van der Waals surface area contributed by atoms with Gasteiger partial charge in [-0.1, -0.05) is 18.6 Å². The Hall–Kier alpha value is -1.75. The molecule has 0 aromatic heterocycles. The van der Waals surface area contributed by atoms with Crippen LogP contribution in [0.2, 0.25) is 0 Å². The zero-order chi connectivity index (χ0) is 16.8. The van der Waals surface area contributed by atoms with E-state index in [0.717, 1.165) is 43.5 Å². The molecule has 1 saturated heterocycles. The Morgan fingerprint density at radius 1 is 1.21 bits per heavy atom. The minimum atomic E-state index is -0.0925. The molecule has 1 atom stereocenters. The molecular formula is C19H28N2O3. The highest BCUT2D eigenvalue weighted by atomic mass is 16.5. The molecule has 1 aliphatic carbocycles. The van der Waals surface area contributed by atoms with Gasteiger partial charge < -0.3 is 20.1 Å². The Labute approximate surface area is 144 Å². The zero-order valence-electron chi connectivity index (χ0n) is 14.2. The number of aliphatic hydroxyl groups excluding tert-OH is 1. The molecule has 132 valence electrons. The number of aliphatic hydroxyl groups is 1. The van der Waals surface area contributed by atoms with E-state index in [9.17, 15) is 9.90 Å². The second-order valence-electron chi connectivity index (χ2n) is 6.86. The molecule has 0 radical (unpaired) electrons. The predicted octanol–water partition coefficient (Wildman–Crippen LogP) is 3.06. The summed E-state index contributed by atoms with van der Waals surface area (Å²) in [5.74, 6) is 0.892. The van der Waals surface area contributed by atoms with Crippen LogP contribution in [0.5, 0.6) is 5.75 Å². The Bertz CT molecular complexity index is 543. The molecule has 24 heavy (non-hydrogen) atoms. The molecule has 1 aromatic carbocycles. The summed E-state index contributed by atoms with van der Waals surface area (Å²) < 4.78 is 6.08. The number of likely N-dealkylation sites (tertiary alicyclic amines) is 1. The van der Waals surface area contributed by atoms with Crippen LogP contribution in [0.4, 0.5) is 4.79 Å². The number of benzene rings is 1. The molecule has 1 heterocycles. The van der Waals surface area contributed by atoms with Gasteiger partial charge in [0.15, 0.2) is 0 Å². The SMILES string of the molecule is O=C(NCc1cccc(OC2CCCCC2)c1)N1CCCC1CO. The smallest absolute Gasteiger partial charge is 0.317 e. The van der Waals surface area contributed by atoms with E-state index in [1.165, 1.54) is 19.3 Å². The van der Waals surface area contributed by atoms with E-state index in [1.807, 2.05) is 24.3 Å². The van der Waals surface area contributed by atoms with E-state index < -0.39 is 0 Å². The van der Waals surface area contributed by atoms with Gasteiger partial charge in [0.05, 0.1) is 18.8 Å². The minimum Gasteiger partial charge on any atom is -0.490 e. The van der Waals surface area contributed by atoms with Crippen molar-refractivity contribution in [2.45, 2.75) is 63.6 Å². The fourth-order valence-electron chi connectivity index (χ4n) is 3.68. The normalized spacial score (nSPS) is 21.7. The molecule has 0 bridgehead atoms. The molecule has 1 unspecified atom stereocenters. The number of carbonyl (C=O) groups excluding carboxylic acids is 1. The molecule has 1 saturated carbocycles. The van der Waals surface area contributed by atoms with Crippen LogP contribution >= 0.6 is 0 Å². The summed E-state index contributed by atoms with van der Waals surface area (Å²) in [6, 6.07) is 7.86. The predicted molar refractivity (Wildman–Crippen MR) is 93.0 cm³/mol. The van der Waals surface area contributed by atoms with Gasteiger partial charge in [0.1, 0.15) is 5.75 Å². The summed E-state index contributed by atoms with van der Waals surface area (Å²) in [7, 11) is 0. The molecule has 3 rings (SSSR count). The number of rotatable bonds is 5. The highest BCUT2D eigenvalue weighted by molar-refractivity contribution is 5.74. The molecule has 0 spiro atoms. The van der Waals surface area contributed by atoms with E-state index in [0.29, 0.717) is 12.6 Å². The van der Waals surface area contributed by atoms with Crippen molar-refractivity contribution in [2.24, 2.45) is 0 Å². The summed E-state index contributed by atoms with van der Waals surface area (Å²) in [5.41, 5.74) is 1.04. The zero-order valence-corrected chi connectivity index (χ0v) is 14.2. The number of nitrogens with zero attached hydrogens (tertiary/aromatic N) is 1. The van der Waals surface area contributed by atoms with Crippen molar-refractivity contribution in [2.75, 3.05) is 13.2 Å². The maximum absolute atomic E-state index is 12.3. The van der Waals surface area contributed by atoms with E-state index in [2.05, 4.69) is 5.32 Å². The number of nitrogens with one attached hydrogen (secondary N) is 1. The van der Waals surface area contributed by atoms with E-state index >= 15 is 0 Å². The Kier molecular flexibility index (Phi) is 5.96. The summed E-state index contributed by atoms with van der Waals surface area (Å²) in [6.45, 7) is 1.25. The molecule has 5 nitrogen and oxygen atoms in total. The van der Waals surface area contributed by atoms with Gasteiger partial charge in [-0.3, -0.25) is 0 Å². The number of hydrogen-bond acceptors (Lipinski definition) is 3. The van der Waals surface area contributed by atoms with E-state index in [4.69, 9.17) is 4.74 Å². The fraction of sp³-hybridized carbons (Fsp3) is 0.632. The van der Waals surface area contributed by atoms with Crippen molar-refractivity contribution in [3.8, 4) is 5.75 Å². The third kappa shape index (κ3) is 4.41. The van der Waals surface area contributed by atoms with Crippen molar-refractivity contribution in [3.63, 3.8) is 0 Å². The molecule has 5 heteroatoms. The number of ether oxygens (including phenoxy) is 1. The van der Waals surface area contributed by atoms with Gasteiger partial charge in [-0.15, -0.1) is 0 Å². The van der Waals surface area contributed by atoms with E-state index in [1.54, 1.807) is 4.90 Å². The van der Waals surface area contributed by atoms with Crippen molar-refractivity contribution in [3.05, 3.63) is 29.8 Å². The number of carbonyl (C=O) groups is 1. The maximum atomic E-state index is 12.3. The van der Waals surface area contributed by atoms with Crippen molar-refractivity contribution >= 4 is 6.03 Å². The fourth-order valence-corrected chi connectivity index (χ4v) is 3.68. The Balaban J connectivity index is 1.51. The van der Waals surface area contributed by atoms with Gasteiger partial charge >= 0.3 is 6.03 Å². The second kappa shape index (κ2) is 8.38. The van der Waals surface area contributed by atoms with Crippen LogP contribution in [0.25, 0.3) is 0 Å². The first-order valence-electron chi connectivity index (χ1n) is 9.17. The minimum absolute atomic E-state index is 0.0361. The third-order valence-electron chi connectivity index (χ3n) is 5.05. The summed E-state index contributed by atoms with van der Waals surface area (Å²) in [4.78, 5) is 14.0. The van der Waals surface area contributed by atoms with Crippen LogP contribution in [-0.2, 0) is 6.54 Å². The average molecular weight is 332 g/mol. The molecular weight excluding hydrogens is 304 g/mol. The lowest BCUT2D eigenvalue weighted by molar-refractivity contribution is 0.154. The number of urea groups is 1. The summed E-state index contributed by atoms with van der Waals surface area (Å²) >= 11 is 0. The van der Waals surface area contributed by atoms with Crippen LogP contribution in [-0.4, -0.2) is 41.3 Å². The van der Waals surface area contributed by atoms with Crippen LogP contribution < -0.4 is 10.1 Å². The van der Waals surface area contributed by atoms with Crippen molar-refractivity contribution < 1.29 is 14.6 Å². The van der Waals surface area contributed by atoms with Gasteiger partial charge in [0, 0.05) is 13.1 Å². The Morgan fingerprint density at radius 2 is 2.04 bits per heavy atom. The second-order valence-corrected chi connectivity index (χ2v) is 6.86. The molecule has 2 N–H and O–H groups in total. The monoisotopic (exact) mass is 332 g/mol. The largest absolute Gasteiger partial charge is 0.490 e.